The molecule has 0 spiro atoms. The van der Waals surface area contributed by atoms with E-state index in [0.717, 1.165) is 16.0 Å². The number of hydrogen-bond acceptors (Lipinski definition) is 2. The van der Waals surface area contributed by atoms with E-state index in [2.05, 4.69) is 39.0 Å². The lowest BCUT2D eigenvalue weighted by molar-refractivity contribution is 0.478. The number of fused-ring (bicyclic) bond motifs is 1. The molecule has 0 radical (unpaired) electrons. The third-order valence-corrected chi connectivity index (χ3v) is 4.19. The van der Waals surface area contributed by atoms with Crippen LogP contribution in [0.2, 0.25) is 0 Å². The third-order valence-electron chi connectivity index (χ3n) is 3.13. The van der Waals surface area contributed by atoms with Gasteiger partial charge in [-0.15, -0.1) is 0 Å². The van der Waals surface area contributed by atoms with Gasteiger partial charge in [0.05, 0.1) is 0 Å². The molecular formula is C14H18O2Si. The van der Waals surface area contributed by atoms with E-state index in [-0.39, 0.29) is 11.2 Å². The molecule has 0 atom stereocenters. The van der Waals surface area contributed by atoms with Crippen molar-refractivity contribution < 1.29 is 9.90 Å². The van der Waals surface area contributed by atoms with Crippen LogP contribution in [0, 0.1) is 0 Å². The molecule has 0 saturated heterocycles. The topological polar surface area (TPSA) is 40.5 Å². The molecule has 2 rings (SSSR count). The highest BCUT2D eigenvalue weighted by molar-refractivity contribution is 6.51. The van der Waals surface area contributed by atoms with E-state index >= 15 is 0 Å². The highest BCUT2D eigenvalue weighted by atomic mass is 28.2. The molecule has 0 amide bonds. The standard InChI is InChI=1S/C14H18O2Si/c1-14(2,3)10-6-4-9-5-7-12(15)13(17-16)11(9)8-10/h4-8,15-16H,17H2,1-3H3. The van der Waals surface area contributed by atoms with Crippen molar-refractivity contribution in [2.45, 2.75) is 26.2 Å². The average molecular weight is 246 g/mol. The zero-order chi connectivity index (χ0) is 12.6. The molecule has 90 valence electrons. The Hall–Kier alpha value is -1.32. The minimum Gasteiger partial charge on any atom is -0.508 e. The highest BCUT2D eigenvalue weighted by Crippen LogP contribution is 2.26. The fourth-order valence-corrected chi connectivity index (χ4v) is 2.76. The van der Waals surface area contributed by atoms with Gasteiger partial charge >= 0.3 is 0 Å². The van der Waals surface area contributed by atoms with E-state index in [1.54, 1.807) is 6.07 Å². The summed E-state index contributed by atoms with van der Waals surface area (Å²) in [7, 11) is -1.37. The number of hydrogen-bond donors (Lipinski definition) is 2. The van der Waals surface area contributed by atoms with Crippen LogP contribution >= 0.6 is 0 Å². The lowest BCUT2D eigenvalue weighted by Crippen LogP contribution is -2.17. The van der Waals surface area contributed by atoms with Gasteiger partial charge in [0.25, 0.3) is 0 Å². The predicted octanol–water partition coefficient (Wildman–Crippen LogP) is 1.54. The molecule has 2 aromatic carbocycles. The highest BCUT2D eigenvalue weighted by Gasteiger charge is 2.15. The maximum Gasteiger partial charge on any atom is 0.192 e. The Morgan fingerprint density at radius 2 is 1.71 bits per heavy atom. The van der Waals surface area contributed by atoms with Gasteiger partial charge in [0.15, 0.2) is 9.76 Å². The van der Waals surface area contributed by atoms with Crippen molar-refractivity contribution >= 4 is 25.7 Å². The second kappa shape index (κ2) is 4.16. The quantitative estimate of drug-likeness (QED) is 0.749. The van der Waals surface area contributed by atoms with Gasteiger partial charge in [-0.05, 0) is 27.8 Å². The maximum atomic E-state index is 9.78. The summed E-state index contributed by atoms with van der Waals surface area (Å²) in [6, 6.07) is 9.82. The van der Waals surface area contributed by atoms with Crippen molar-refractivity contribution in [3.05, 3.63) is 35.9 Å². The molecule has 0 aliphatic heterocycles. The summed E-state index contributed by atoms with van der Waals surface area (Å²) in [6.07, 6.45) is 0. The van der Waals surface area contributed by atoms with Crippen LogP contribution in [0.25, 0.3) is 10.8 Å². The van der Waals surface area contributed by atoms with E-state index in [1.165, 1.54) is 5.56 Å². The van der Waals surface area contributed by atoms with E-state index in [4.69, 9.17) is 0 Å². The van der Waals surface area contributed by atoms with Gasteiger partial charge in [-0.25, -0.2) is 0 Å². The molecule has 17 heavy (non-hydrogen) atoms. The van der Waals surface area contributed by atoms with Gasteiger partial charge in [0, 0.05) is 5.19 Å². The van der Waals surface area contributed by atoms with Crippen molar-refractivity contribution in [2.75, 3.05) is 0 Å². The molecule has 2 aromatic rings. The molecular weight excluding hydrogens is 228 g/mol. The van der Waals surface area contributed by atoms with Gasteiger partial charge in [0.1, 0.15) is 5.75 Å². The molecule has 0 fully saturated rings. The number of rotatable bonds is 1. The molecule has 0 aliphatic rings. The van der Waals surface area contributed by atoms with Crippen LogP contribution in [0.3, 0.4) is 0 Å². The summed E-state index contributed by atoms with van der Waals surface area (Å²) in [4.78, 5) is 9.49. The Morgan fingerprint density at radius 3 is 2.29 bits per heavy atom. The van der Waals surface area contributed by atoms with Crippen LogP contribution in [0.5, 0.6) is 5.75 Å². The first-order valence-corrected chi connectivity index (χ1v) is 7.13. The van der Waals surface area contributed by atoms with Crippen LogP contribution in [0.4, 0.5) is 0 Å². The van der Waals surface area contributed by atoms with Crippen LogP contribution in [0.1, 0.15) is 26.3 Å². The van der Waals surface area contributed by atoms with Gasteiger partial charge in [-0.2, -0.15) is 0 Å². The van der Waals surface area contributed by atoms with Gasteiger partial charge in [-0.3, -0.25) is 0 Å². The van der Waals surface area contributed by atoms with Crippen molar-refractivity contribution in [1.82, 2.24) is 0 Å². The predicted molar refractivity (Wildman–Crippen MR) is 74.7 cm³/mol. The Kier molecular flexibility index (Phi) is 2.97. The summed E-state index contributed by atoms with van der Waals surface area (Å²) in [5.41, 5.74) is 1.30. The second-order valence-corrected chi connectivity index (χ2v) is 6.43. The molecule has 3 heteroatoms. The molecule has 0 bridgehead atoms. The number of aromatic hydroxyl groups is 1. The summed E-state index contributed by atoms with van der Waals surface area (Å²) in [5, 5.41) is 12.6. The number of phenolic OH excluding ortho intramolecular Hbond substituents is 1. The Bertz CT molecular complexity index is 556. The number of benzene rings is 2. The minimum absolute atomic E-state index is 0.0773. The molecule has 0 unspecified atom stereocenters. The zero-order valence-corrected chi connectivity index (χ0v) is 11.9. The lowest BCUT2D eigenvalue weighted by Gasteiger charge is -2.20. The molecule has 0 saturated carbocycles. The normalized spacial score (nSPS) is 12.7. The first-order valence-electron chi connectivity index (χ1n) is 5.79. The molecule has 2 nitrogen and oxygen atoms in total. The fourth-order valence-electron chi connectivity index (χ4n) is 2.00. The Labute approximate surface area is 104 Å². The summed E-state index contributed by atoms with van der Waals surface area (Å²) in [5.74, 6) is 0.220. The lowest BCUT2D eigenvalue weighted by atomic mass is 9.86. The molecule has 2 N–H and O–H groups in total. The number of phenols is 1. The van der Waals surface area contributed by atoms with E-state index in [1.807, 2.05) is 6.07 Å². The van der Waals surface area contributed by atoms with Crippen LogP contribution < -0.4 is 5.19 Å². The van der Waals surface area contributed by atoms with Gasteiger partial charge < -0.3 is 9.90 Å². The molecule has 0 heterocycles. The second-order valence-electron chi connectivity index (χ2n) is 5.41. The van der Waals surface area contributed by atoms with Crippen LogP contribution in [0.15, 0.2) is 30.3 Å². The average Bonchev–Trinajstić information content (AvgIpc) is 2.27. The summed E-state index contributed by atoms with van der Waals surface area (Å²) < 4.78 is 0. The van der Waals surface area contributed by atoms with E-state index in [0.29, 0.717) is 0 Å². The molecule has 0 aliphatic carbocycles. The third kappa shape index (κ3) is 2.21. The minimum atomic E-state index is -1.37. The monoisotopic (exact) mass is 246 g/mol. The van der Waals surface area contributed by atoms with Crippen LogP contribution in [-0.2, 0) is 5.41 Å². The van der Waals surface area contributed by atoms with E-state index < -0.39 is 9.76 Å². The summed E-state index contributed by atoms with van der Waals surface area (Å²) >= 11 is 0. The first-order chi connectivity index (χ1) is 7.93. The van der Waals surface area contributed by atoms with Gasteiger partial charge in [0.2, 0.25) is 0 Å². The van der Waals surface area contributed by atoms with Crippen molar-refractivity contribution in [2.24, 2.45) is 0 Å². The Morgan fingerprint density at radius 1 is 1.06 bits per heavy atom. The molecule has 0 aromatic heterocycles. The smallest absolute Gasteiger partial charge is 0.192 e. The fraction of sp³-hybridized carbons (Fsp3) is 0.286. The first kappa shape index (κ1) is 12.1. The van der Waals surface area contributed by atoms with Crippen LogP contribution in [-0.4, -0.2) is 19.7 Å². The van der Waals surface area contributed by atoms with Gasteiger partial charge in [-0.1, -0.05) is 45.0 Å². The van der Waals surface area contributed by atoms with E-state index in [9.17, 15) is 9.90 Å². The van der Waals surface area contributed by atoms with Crippen molar-refractivity contribution in [3.63, 3.8) is 0 Å². The Balaban J connectivity index is 2.74. The zero-order valence-electron chi connectivity index (χ0n) is 10.5. The van der Waals surface area contributed by atoms with Crippen molar-refractivity contribution in [3.8, 4) is 5.75 Å². The largest absolute Gasteiger partial charge is 0.508 e. The SMILES string of the molecule is CC(C)(C)c1ccc2ccc(O)c([SiH2]O)c2c1. The maximum absolute atomic E-state index is 9.78. The summed E-state index contributed by atoms with van der Waals surface area (Å²) in [6.45, 7) is 6.48. The van der Waals surface area contributed by atoms with Crippen molar-refractivity contribution in [1.29, 1.82) is 0 Å².